The first-order valence-electron chi connectivity index (χ1n) is 24.3. The number of Topliss-reactive ketones (excluding diaryl/α,β-unsaturated/α-hetero) is 1. The van der Waals surface area contributed by atoms with Gasteiger partial charge in [-0.05, 0) is 167 Å². The van der Waals surface area contributed by atoms with Gasteiger partial charge in [-0.25, -0.2) is 0 Å². The molecular weight excluding hydrogens is 842 g/mol. The fourth-order valence-electron chi connectivity index (χ4n) is 14.6. The van der Waals surface area contributed by atoms with Gasteiger partial charge < -0.3 is 14.6 Å². The van der Waals surface area contributed by atoms with Crippen molar-refractivity contribution in [2.24, 2.45) is 56.2 Å². The van der Waals surface area contributed by atoms with Crippen molar-refractivity contribution < 1.29 is 29.0 Å². The van der Waals surface area contributed by atoms with Gasteiger partial charge >= 0.3 is 11.9 Å². The van der Waals surface area contributed by atoms with Crippen molar-refractivity contribution in [3.63, 3.8) is 0 Å². The maximum Gasteiger partial charge on any atom is 0.312 e. The first-order valence-corrected chi connectivity index (χ1v) is 25.0. The Morgan fingerprint density at radius 2 is 1.36 bits per heavy atom. The van der Waals surface area contributed by atoms with Crippen LogP contribution in [0.3, 0.4) is 0 Å². The highest BCUT2D eigenvalue weighted by atomic mass is 35.5. The van der Waals surface area contributed by atoms with Crippen molar-refractivity contribution in [3.05, 3.63) is 80.8 Å². The molecule has 5 aliphatic carbocycles. The first kappa shape index (κ1) is 49.2. The zero-order valence-electron chi connectivity index (χ0n) is 41.0. The molecule has 0 bridgehead atoms. The number of hydrogen-bond donors (Lipinski definition) is 1. The Hall–Kier alpha value is -2.71. The summed E-state index contributed by atoms with van der Waals surface area (Å²) in [7, 11) is 0. The lowest BCUT2D eigenvalue weighted by atomic mass is 9.33. The summed E-state index contributed by atoms with van der Waals surface area (Å²) in [6.07, 6.45) is 7.13. The van der Waals surface area contributed by atoms with E-state index in [-0.39, 0.29) is 63.7 Å². The fraction of sp³-hybridized carbons (Fsp3) is 0.691. The van der Waals surface area contributed by atoms with Gasteiger partial charge in [0.05, 0.1) is 17.9 Å². The summed E-state index contributed by atoms with van der Waals surface area (Å²) >= 11 is 12.6. The Bertz CT molecular complexity index is 2070. The average molecular weight is 919 g/mol. The number of fused-ring (bicyclic) bond motifs is 7. The van der Waals surface area contributed by atoms with Crippen molar-refractivity contribution in [3.8, 4) is 0 Å². The van der Waals surface area contributed by atoms with Crippen LogP contribution in [0, 0.1) is 56.2 Å². The average Bonchev–Trinajstić information content (AvgIpc) is 3.50. The maximum absolute atomic E-state index is 14.5. The second-order valence-electron chi connectivity index (χ2n) is 24.2. The van der Waals surface area contributed by atoms with E-state index in [0.29, 0.717) is 47.9 Å². The number of allylic oxidation sites excluding steroid dienone is 1. The molecular formula is C55H77Cl2NO6. The Morgan fingerprint density at radius 3 is 1.91 bits per heavy atom. The number of aliphatic hydroxyl groups is 1. The number of carbonyl (C=O) groups excluding carboxylic acids is 3. The summed E-state index contributed by atoms with van der Waals surface area (Å²) in [5, 5.41) is 14.3. The number of ketones is 1. The molecule has 4 saturated carbocycles. The van der Waals surface area contributed by atoms with Crippen LogP contribution in [0.5, 0.6) is 0 Å². The second-order valence-corrected chi connectivity index (χ2v) is 25.1. The molecule has 7 nitrogen and oxygen atoms in total. The smallest absolute Gasteiger partial charge is 0.312 e. The first-order chi connectivity index (χ1) is 29.7. The lowest BCUT2D eigenvalue weighted by Gasteiger charge is -2.72. The Kier molecular flexibility index (Phi) is 13.4. The number of ether oxygens (including phenoxy) is 2. The largest absolute Gasteiger partial charge is 0.462 e. The minimum Gasteiger partial charge on any atom is -0.462 e. The molecule has 5 aliphatic rings. The summed E-state index contributed by atoms with van der Waals surface area (Å²) in [6.45, 7) is 27.4. The van der Waals surface area contributed by atoms with E-state index >= 15 is 0 Å². The van der Waals surface area contributed by atoms with Crippen molar-refractivity contribution in [2.75, 3.05) is 6.54 Å². The van der Waals surface area contributed by atoms with Crippen LogP contribution >= 0.6 is 23.2 Å². The van der Waals surface area contributed by atoms with E-state index in [0.717, 1.165) is 68.1 Å². The van der Waals surface area contributed by atoms with E-state index in [1.54, 1.807) is 13.8 Å². The molecule has 0 spiro atoms. The second kappa shape index (κ2) is 17.4. The lowest BCUT2D eigenvalue weighted by molar-refractivity contribution is -0.235. The molecule has 0 amide bonds. The van der Waals surface area contributed by atoms with Crippen LogP contribution in [0.2, 0.25) is 10.0 Å². The Morgan fingerprint density at radius 1 is 0.781 bits per heavy atom. The van der Waals surface area contributed by atoms with Gasteiger partial charge in [-0.3, -0.25) is 19.3 Å². The van der Waals surface area contributed by atoms with Crippen LogP contribution in [0.15, 0.2) is 59.7 Å². The molecule has 7 rings (SSSR count). The monoisotopic (exact) mass is 918 g/mol. The summed E-state index contributed by atoms with van der Waals surface area (Å²) < 4.78 is 12.0. The van der Waals surface area contributed by atoms with Crippen molar-refractivity contribution in [2.45, 2.75) is 178 Å². The van der Waals surface area contributed by atoms with Gasteiger partial charge in [-0.1, -0.05) is 102 Å². The molecule has 9 atom stereocenters. The van der Waals surface area contributed by atoms with E-state index in [9.17, 15) is 19.5 Å². The molecule has 2 aromatic rings. The minimum atomic E-state index is -0.991. The zero-order valence-corrected chi connectivity index (χ0v) is 42.5. The zero-order chi connectivity index (χ0) is 47.0. The van der Waals surface area contributed by atoms with Crippen molar-refractivity contribution in [1.29, 1.82) is 0 Å². The van der Waals surface area contributed by atoms with Crippen LogP contribution in [-0.2, 0) is 36.9 Å². The quantitative estimate of drug-likeness (QED) is 0.212. The van der Waals surface area contributed by atoms with Gasteiger partial charge in [-0.2, -0.15) is 0 Å². The Balaban J connectivity index is 1.14. The number of carbonyl (C=O) groups is 3. The highest BCUT2D eigenvalue weighted by molar-refractivity contribution is 6.30. The van der Waals surface area contributed by atoms with E-state index < -0.39 is 22.5 Å². The molecule has 0 saturated heterocycles. The molecule has 0 heterocycles. The number of benzene rings is 2. The van der Waals surface area contributed by atoms with Gasteiger partial charge in [0.15, 0.2) is 5.78 Å². The molecule has 2 aromatic carbocycles. The third-order valence-electron chi connectivity index (χ3n) is 17.9. The van der Waals surface area contributed by atoms with Crippen LogP contribution in [0.25, 0.3) is 0 Å². The van der Waals surface area contributed by atoms with Crippen molar-refractivity contribution >= 4 is 40.9 Å². The van der Waals surface area contributed by atoms with Crippen LogP contribution in [0.4, 0.5) is 0 Å². The number of esters is 2. The molecule has 4 fully saturated rings. The normalized spacial score (nSPS) is 33.0. The highest BCUT2D eigenvalue weighted by Gasteiger charge is 2.71. The molecule has 0 aromatic heterocycles. The molecule has 0 aliphatic heterocycles. The van der Waals surface area contributed by atoms with Gasteiger partial charge in [0, 0.05) is 46.9 Å². The standard InChI is InChI=1S/C55H77Cl2NO6/c1-34(2)46-40(59)29-55(43(60)33-58(31-35-13-17-37(56)18-14-35)32-36-15-19-38(57)20-16-36)28-27-53(11)39(47(46)55)21-22-42-52(10)25-24-44(51(8,9)41(52)23-26-54(42,53)12)63-45(61)30-50(6,7)48(62)64-49(3,4)5/h13-20,34,39,41-44,60H,21-33H2,1-12H3. The van der Waals surface area contributed by atoms with E-state index in [1.807, 2.05) is 45.0 Å². The fourth-order valence-corrected chi connectivity index (χ4v) is 14.9. The van der Waals surface area contributed by atoms with E-state index in [4.69, 9.17) is 32.7 Å². The van der Waals surface area contributed by atoms with Gasteiger partial charge in [-0.15, -0.1) is 0 Å². The summed E-state index contributed by atoms with van der Waals surface area (Å²) in [5.41, 5.74) is 2.03. The minimum absolute atomic E-state index is 0.0191. The number of aliphatic hydroxyl groups excluding tert-OH is 1. The lowest BCUT2D eigenvalue weighted by Crippen LogP contribution is -2.66. The predicted molar refractivity (Wildman–Crippen MR) is 257 cm³/mol. The van der Waals surface area contributed by atoms with Crippen LogP contribution in [0.1, 0.15) is 158 Å². The van der Waals surface area contributed by atoms with Crippen LogP contribution in [-0.4, -0.2) is 52.1 Å². The molecule has 64 heavy (non-hydrogen) atoms. The summed E-state index contributed by atoms with van der Waals surface area (Å²) in [6, 6.07) is 15.9. The Labute approximate surface area is 394 Å². The number of halogens is 2. The predicted octanol–water partition coefficient (Wildman–Crippen LogP) is 13.0. The van der Waals surface area contributed by atoms with E-state index in [2.05, 4.69) is 77.6 Å². The maximum atomic E-state index is 14.5. The SMILES string of the molecule is CC(C)C1=C2C3CCC4C5(C)CCC(OC(=O)CC(C)(C)C(=O)OC(C)(C)C)C(C)(C)C5CCC4(C)C3(C)CCC2(C(O)CN(Cc2ccc(Cl)cc2)Cc2ccc(Cl)cc2)CC1=O. The number of hydrogen-bond acceptors (Lipinski definition) is 7. The third kappa shape index (κ3) is 8.80. The molecule has 9 unspecified atom stereocenters. The molecule has 1 N–H and O–H groups in total. The van der Waals surface area contributed by atoms with Gasteiger partial charge in [0.1, 0.15) is 11.7 Å². The van der Waals surface area contributed by atoms with Gasteiger partial charge in [0.25, 0.3) is 0 Å². The topological polar surface area (TPSA) is 93.1 Å². The molecule has 352 valence electrons. The number of nitrogens with zero attached hydrogens (tertiary/aromatic N) is 1. The third-order valence-corrected chi connectivity index (χ3v) is 18.4. The highest BCUT2D eigenvalue weighted by Crippen LogP contribution is 2.77. The van der Waals surface area contributed by atoms with Crippen LogP contribution < -0.4 is 0 Å². The van der Waals surface area contributed by atoms with Crippen molar-refractivity contribution in [1.82, 2.24) is 4.90 Å². The summed E-state index contributed by atoms with van der Waals surface area (Å²) in [5.74, 6) is 0.611. The van der Waals surface area contributed by atoms with E-state index in [1.165, 1.54) is 5.57 Å². The molecule has 0 radical (unpaired) electrons. The van der Waals surface area contributed by atoms with Gasteiger partial charge in [0.2, 0.25) is 0 Å². The number of rotatable bonds is 12. The molecule has 9 heteroatoms. The summed E-state index contributed by atoms with van der Waals surface area (Å²) in [4.78, 5) is 43.5.